The minimum atomic E-state index is -0.128. The van der Waals surface area contributed by atoms with Gasteiger partial charge in [0.25, 0.3) is 0 Å². The summed E-state index contributed by atoms with van der Waals surface area (Å²) >= 11 is 0. The molecule has 2 aromatic rings. The molecular formula is C18H22FNO. The van der Waals surface area contributed by atoms with Crippen molar-refractivity contribution in [2.24, 2.45) is 0 Å². The number of benzene rings is 2. The summed E-state index contributed by atoms with van der Waals surface area (Å²) < 4.78 is 13.7. The zero-order valence-corrected chi connectivity index (χ0v) is 12.8. The van der Waals surface area contributed by atoms with Gasteiger partial charge in [-0.25, -0.2) is 4.39 Å². The highest BCUT2D eigenvalue weighted by Crippen LogP contribution is 2.20. The van der Waals surface area contributed by atoms with Gasteiger partial charge < -0.3 is 10.4 Å². The Kier molecular flexibility index (Phi) is 5.10. The molecule has 1 unspecified atom stereocenters. The molecule has 0 aliphatic carbocycles. The number of rotatable bonds is 5. The van der Waals surface area contributed by atoms with Crippen LogP contribution < -0.4 is 5.32 Å². The second-order valence-electron chi connectivity index (χ2n) is 5.50. The van der Waals surface area contributed by atoms with Gasteiger partial charge in [-0.05, 0) is 48.6 Å². The topological polar surface area (TPSA) is 32.3 Å². The van der Waals surface area contributed by atoms with E-state index in [1.165, 1.54) is 0 Å². The number of aryl methyl sites for hydroxylation is 2. The van der Waals surface area contributed by atoms with E-state index < -0.39 is 0 Å². The standard InChI is InChI=1S/C18H22FNO/c1-12-8-17(9-13(2)18(12)19)14(3)20-10-15-6-4-5-7-16(15)11-21/h4-9,14,20-21H,10-11H2,1-3H3. The number of aliphatic hydroxyl groups excluding tert-OH is 1. The third-order valence-electron chi connectivity index (χ3n) is 3.85. The third-order valence-corrected chi connectivity index (χ3v) is 3.85. The highest BCUT2D eigenvalue weighted by molar-refractivity contribution is 5.32. The molecular weight excluding hydrogens is 265 g/mol. The van der Waals surface area contributed by atoms with Gasteiger partial charge in [0, 0.05) is 12.6 Å². The molecule has 0 amide bonds. The molecule has 2 nitrogen and oxygen atoms in total. The lowest BCUT2D eigenvalue weighted by molar-refractivity contribution is 0.280. The summed E-state index contributed by atoms with van der Waals surface area (Å²) in [6, 6.07) is 11.7. The Morgan fingerprint density at radius 2 is 1.67 bits per heavy atom. The lowest BCUT2D eigenvalue weighted by atomic mass is 10.0. The monoisotopic (exact) mass is 287 g/mol. The Hall–Kier alpha value is -1.71. The lowest BCUT2D eigenvalue weighted by Gasteiger charge is -2.17. The molecule has 2 rings (SSSR count). The fourth-order valence-electron chi connectivity index (χ4n) is 2.49. The molecule has 0 spiro atoms. The Morgan fingerprint density at radius 1 is 1.10 bits per heavy atom. The van der Waals surface area contributed by atoms with E-state index in [1.54, 1.807) is 13.8 Å². The van der Waals surface area contributed by atoms with Gasteiger partial charge in [0.15, 0.2) is 0 Å². The van der Waals surface area contributed by atoms with Crippen molar-refractivity contribution in [3.8, 4) is 0 Å². The van der Waals surface area contributed by atoms with E-state index in [1.807, 2.05) is 36.4 Å². The van der Waals surface area contributed by atoms with E-state index in [0.29, 0.717) is 17.7 Å². The second-order valence-corrected chi connectivity index (χ2v) is 5.50. The molecule has 0 saturated carbocycles. The van der Waals surface area contributed by atoms with Crippen LogP contribution in [-0.4, -0.2) is 5.11 Å². The molecule has 2 aromatic carbocycles. The number of halogens is 1. The van der Waals surface area contributed by atoms with Crippen molar-refractivity contribution in [2.45, 2.75) is 40.0 Å². The van der Waals surface area contributed by atoms with E-state index in [4.69, 9.17) is 0 Å². The van der Waals surface area contributed by atoms with Crippen molar-refractivity contribution in [1.82, 2.24) is 5.32 Å². The maximum absolute atomic E-state index is 13.7. The Balaban J connectivity index is 2.10. The fraction of sp³-hybridized carbons (Fsp3) is 0.333. The van der Waals surface area contributed by atoms with Gasteiger partial charge in [-0.2, -0.15) is 0 Å². The summed E-state index contributed by atoms with van der Waals surface area (Å²) in [7, 11) is 0. The van der Waals surface area contributed by atoms with Crippen LogP contribution in [0.5, 0.6) is 0 Å². The van der Waals surface area contributed by atoms with Gasteiger partial charge >= 0.3 is 0 Å². The van der Waals surface area contributed by atoms with Crippen LogP contribution in [0.4, 0.5) is 4.39 Å². The highest BCUT2D eigenvalue weighted by Gasteiger charge is 2.10. The molecule has 0 fully saturated rings. The number of aliphatic hydroxyl groups is 1. The average molecular weight is 287 g/mol. The molecule has 3 heteroatoms. The highest BCUT2D eigenvalue weighted by atomic mass is 19.1. The molecule has 21 heavy (non-hydrogen) atoms. The van der Waals surface area contributed by atoms with Crippen LogP contribution >= 0.6 is 0 Å². The fourth-order valence-corrected chi connectivity index (χ4v) is 2.49. The summed E-state index contributed by atoms with van der Waals surface area (Å²) in [5.41, 5.74) is 4.45. The predicted octanol–water partition coefficient (Wildman–Crippen LogP) is 3.79. The summed E-state index contributed by atoms with van der Waals surface area (Å²) in [4.78, 5) is 0. The van der Waals surface area contributed by atoms with Crippen LogP contribution in [0.3, 0.4) is 0 Å². The van der Waals surface area contributed by atoms with E-state index in [-0.39, 0.29) is 18.5 Å². The summed E-state index contributed by atoms with van der Waals surface area (Å²) in [5.74, 6) is -0.128. The second kappa shape index (κ2) is 6.83. The first-order valence-corrected chi connectivity index (χ1v) is 7.20. The van der Waals surface area contributed by atoms with Crippen LogP contribution in [0, 0.1) is 19.7 Å². The van der Waals surface area contributed by atoms with Crippen LogP contribution in [0.25, 0.3) is 0 Å². The van der Waals surface area contributed by atoms with Gasteiger partial charge in [0.2, 0.25) is 0 Å². The van der Waals surface area contributed by atoms with Crippen molar-refractivity contribution < 1.29 is 9.50 Å². The molecule has 0 radical (unpaired) electrons. The molecule has 0 bridgehead atoms. The molecule has 0 aromatic heterocycles. The van der Waals surface area contributed by atoms with Gasteiger partial charge in [-0.15, -0.1) is 0 Å². The third kappa shape index (κ3) is 3.69. The number of hydrogen-bond acceptors (Lipinski definition) is 2. The summed E-state index contributed by atoms with van der Waals surface area (Å²) in [6.07, 6.45) is 0. The largest absolute Gasteiger partial charge is 0.392 e. The van der Waals surface area contributed by atoms with Crippen LogP contribution in [0.1, 0.15) is 40.8 Å². The first kappa shape index (κ1) is 15.7. The van der Waals surface area contributed by atoms with Gasteiger partial charge in [-0.3, -0.25) is 0 Å². The average Bonchev–Trinajstić information content (AvgIpc) is 2.49. The normalized spacial score (nSPS) is 12.4. The summed E-state index contributed by atoms with van der Waals surface area (Å²) in [6.45, 7) is 6.36. The molecule has 0 aliphatic heterocycles. The minimum Gasteiger partial charge on any atom is -0.392 e. The predicted molar refractivity (Wildman–Crippen MR) is 83.5 cm³/mol. The van der Waals surface area contributed by atoms with Crippen molar-refractivity contribution in [2.75, 3.05) is 0 Å². The molecule has 0 aliphatic rings. The zero-order chi connectivity index (χ0) is 15.4. The minimum absolute atomic E-state index is 0.0427. The first-order valence-electron chi connectivity index (χ1n) is 7.20. The van der Waals surface area contributed by atoms with Crippen molar-refractivity contribution in [3.63, 3.8) is 0 Å². The lowest BCUT2D eigenvalue weighted by Crippen LogP contribution is -2.19. The SMILES string of the molecule is Cc1cc(C(C)NCc2ccccc2CO)cc(C)c1F. The molecule has 0 heterocycles. The van der Waals surface area contributed by atoms with Crippen molar-refractivity contribution in [1.29, 1.82) is 0 Å². The smallest absolute Gasteiger partial charge is 0.129 e. The maximum Gasteiger partial charge on any atom is 0.129 e. The van der Waals surface area contributed by atoms with Crippen LogP contribution in [0.15, 0.2) is 36.4 Å². The Labute approximate surface area is 125 Å². The quantitative estimate of drug-likeness (QED) is 0.877. The van der Waals surface area contributed by atoms with Gasteiger partial charge in [0.05, 0.1) is 6.61 Å². The molecule has 1 atom stereocenters. The van der Waals surface area contributed by atoms with Gasteiger partial charge in [0.1, 0.15) is 5.82 Å². The molecule has 0 saturated heterocycles. The molecule has 2 N–H and O–H groups in total. The first-order chi connectivity index (χ1) is 10.0. The van der Waals surface area contributed by atoms with Crippen LogP contribution in [-0.2, 0) is 13.2 Å². The van der Waals surface area contributed by atoms with Crippen LogP contribution in [0.2, 0.25) is 0 Å². The number of nitrogens with one attached hydrogen (secondary N) is 1. The maximum atomic E-state index is 13.7. The molecule has 112 valence electrons. The van der Waals surface area contributed by atoms with E-state index in [9.17, 15) is 9.50 Å². The summed E-state index contributed by atoms with van der Waals surface area (Å²) in [5, 5.41) is 12.8. The Morgan fingerprint density at radius 3 is 2.24 bits per heavy atom. The van der Waals surface area contributed by atoms with Gasteiger partial charge in [-0.1, -0.05) is 36.4 Å². The van der Waals surface area contributed by atoms with Crippen molar-refractivity contribution >= 4 is 0 Å². The number of hydrogen-bond donors (Lipinski definition) is 2. The Bertz CT molecular complexity index is 601. The van der Waals surface area contributed by atoms with E-state index in [0.717, 1.165) is 16.7 Å². The van der Waals surface area contributed by atoms with Crippen molar-refractivity contribution in [3.05, 3.63) is 70.0 Å². The zero-order valence-electron chi connectivity index (χ0n) is 12.8. The van der Waals surface area contributed by atoms with E-state index in [2.05, 4.69) is 12.2 Å². The van der Waals surface area contributed by atoms with E-state index >= 15 is 0 Å².